The molecule has 140 valence electrons. The van der Waals surface area contributed by atoms with Crippen LogP contribution in [0.4, 0.5) is 0 Å². The quantitative estimate of drug-likeness (QED) is 0.589. The van der Waals surface area contributed by atoms with E-state index in [9.17, 15) is 4.79 Å². The molecule has 2 aromatic carbocycles. The zero-order valence-electron chi connectivity index (χ0n) is 15.3. The second-order valence-corrected chi connectivity index (χ2v) is 7.10. The maximum Gasteiger partial charge on any atom is 0.231 e. The van der Waals surface area contributed by atoms with Crippen molar-refractivity contribution in [2.45, 2.75) is 13.0 Å². The number of hydrogen-bond donors (Lipinski definition) is 0. The first-order valence-electron chi connectivity index (χ1n) is 8.76. The number of allylic oxidation sites excluding steroid dienone is 1. The third kappa shape index (κ3) is 3.29. The van der Waals surface area contributed by atoms with E-state index in [0.29, 0.717) is 34.4 Å². The average molecular weight is 386 g/mol. The molecule has 0 spiro atoms. The molecule has 2 aliphatic rings. The molecule has 0 amide bonds. The van der Waals surface area contributed by atoms with Gasteiger partial charge in [0.05, 0.1) is 12.7 Å². The van der Waals surface area contributed by atoms with Gasteiger partial charge in [0.2, 0.25) is 12.5 Å². The number of carbonyl (C=O) groups is 1. The van der Waals surface area contributed by atoms with Crippen LogP contribution in [0.25, 0.3) is 6.08 Å². The van der Waals surface area contributed by atoms with Gasteiger partial charge < -0.3 is 19.1 Å². The Morgan fingerprint density at radius 3 is 2.67 bits per heavy atom. The molecule has 0 aliphatic carbocycles. The van der Waals surface area contributed by atoms with E-state index in [4.69, 9.17) is 25.8 Å². The number of ether oxygens (including phenoxy) is 3. The summed E-state index contributed by atoms with van der Waals surface area (Å²) in [4.78, 5) is 15.3. The zero-order chi connectivity index (χ0) is 19.0. The third-order valence-electron chi connectivity index (χ3n) is 4.91. The number of nitrogens with zero attached hydrogens (tertiary/aromatic N) is 1. The first kappa shape index (κ1) is 17.9. The monoisotopic (exact) mass is 385 g/mol. The van der Waals surface area contributed by atoms with Gasteiger partial charge >= 0.3 is 0 Å². The Hall–Kier alpha value is -2.50. The average Bonchev–Trinajstić information content (AvgIpc) is 3.14. The molecule has 0 bridgehead atoms. The lowest BCUT2D eigenvalue weighted by Crippen LogP contribution is -2.28. The number of carbonyl (C=O) groups excluding carboxylic acids is 1. The highest BCUT2D eigenvalue weighted by atomic mass is 35.5. The van der Waals surface area contributed by atoms with Crippen molar-refractivity contribution in [2.24, 2.45) is 0 Å². The van der Waals surface area contributed by atoms with Crippen LogP contribution in [0.15, 0.2) is 30.3 Å². The van der Waals surface area contributed by atoms with Crippen molar-refractivity contribution in [3.63, 3.8) is 0 Å². The second-order valence-electron chi connectivity index (χ2n) is 6.67. The minimum atomic E-state index is -0.102. The largest absolute Gasteiger partial charge is 0.492 e. The van der Waals surface area contributed by atoms with E-state index >= 15 is 0 Å². The highest BCUT2D eigenvalue weighted by Crippen LogP contribution is 2.49. The zero-order valence-corrected chi connectivity index (χ0v) is 16.0. The number of hydrogen-bond acceptors (Lipinski definition) is 5. The first-order valence-corrected chi connectivity index (χ1v) is 9.14. The first-order chi connectivity index (χ1) is 13.1. The van der Waals surface area contributed by atoms with Crippen LogP contribution in [0.3, 0.4) is 0 Å². The topological polar surface area (TPSA) is 48.0 Å². The van der Waals surface area contributed by atoms with Gasteiger partial charge in [0.15, 0.2) is 17.3 Å². The summed E-state index contributed by atoms with van der Waals surface area (Å²) in [6.45, 7) is 1.67. The molecule has 0 saturated heterocycles. The Morgan fingerprint density at radius 2 is 1.93 bits per heavy atom. The van der Waals surface area contributed by atoms with Crippen molar-refractivity contribution in [1.29, 1.82) is 0 Å². The van der Waals surface area contributed by atoms with Gasteiger partial charge in [-0.3, -0.25) is 4.79 Å². The van der Waals surface area contributed by atoms with Gasteiger partial charge in [0.1, 0.15) is 0 Å². The summed E-state index contributed by atoms with van der Waals surface area (Å²) >= 11 is 5.92. The van der Waals surface area contributed by atoms with Crippen LogP contribution >= 0.6 is 11.6 Å². The van der Waals surface area contributed by atoms with Gasteiger partial charge in [-0.2, -0.15) is 0 Å². The predicted molar refractivity (Wildman–Crippen MR) is 104 cm³/mol. The summed E-state index contributed by atoms with van der Waals surface area (Å²) in [5.41, 5.74) is 3.47. The summed E-state index contributed by atoms with van der Waals surface area (Å²) in [5, 5.41) is 0.662. The minimum absolute atomic E-state index is 0.0889. The van der Waals surface area contributed by atoms with Crippen molar-refractivity contribution < 1.29 is 19.0 Å². The van der Waals surface area contributed by atoms with Crippen LogP contribution < -0.4 is 14.2 Å². The fraction of sp³-hybridized carbons (Fsp3) is 0.286. The van der Waals surface area contributed by atoms with E-state index in [0.717, 1.165) is 29.7 Å². The van der Waals surface area contributed by atoms with E-state index in [1.807, 2.05) is 12.1 Å². The van der Waals surface area contributed by atoms with Crippen molar-refractivity contribution in [3.8, 4) is 17.2 Å². The van der Waals surface area contributed by atoms with Crippen LogP contribution in [0.5, 0.6) is 17.2 Å². The molecule has 0 saturated carbocycles. The second kappa shape index (κ2) is 7.25. The number of rotatable bonds is 4. The molecule has 6 heteroatoms. The van der Waals surface area contributed by atoms with E-state index in [2.05, 4.69) is 11.9 Å². The minimum Gasteiger partial charge on any atom is -0.492 e. The summed E-state index contributed by atoms with van der Waals surface area (Å²) in [6.07, 6.45) is 4.12. The standard InChI is InChI=1S/C21H20ClNO4/c1-23-10-9-15-16(11-23)19(25-2)21-20(26-12-27-21)18(15)17(24)8-5-13-3-6-14(22)7-4-13/h3-8H,9-12H2,1-2H3/b8-5+. The smallest absolute Gasteiger partial charge is 0.231 e. The number of halogens is 1. The van der Waals surface area contributed by atoms with Crippen LogP contribution in [-0.2, 0) is 13.0 Å². The van der Waals surface area contributed by atoms with Gasteiger partial charge in [0, 0.05) is 23.7 Å². The summed E-state index contributed by atoms with van der Waals surface area (Å²) in [6, 6.07) is 7.33. The Balaban J connectivity index is 1.78. The molecule has 0 fully saturated rings. The Morgan fingerprint density at radius 1 is 1.19 bits per heavy atom. The van der Waals surface area contributed by atoms with E-state index in [-0.39, 0.29) is 12.6 Å². The van der Waals surface area contributed by atoms with Crippen LogP contribution in [0.1, 0.15) is 27.0 Å². The molecule has 0 unspecified atom stereocenters. The molecule has 0 N–H and O–H groups in total. The fourth-order valence-corrected chi connectivity index (χ4v) is 3.72. The Kier molecular flexibility index (Phi) is 4.81. The van der Waals surface area contributed by atoms with Crippen LogP contribution in [-0.4, -0.2) is 38.2 Å². The SMILES string of the molecule is COc1c2c(c(C(=O)/C=C/c3ccc(Cl)cc3)c3c1OCO3)CCN(C)C2. The highest BCUT2D eigenvalue weighted by Gasteiger charge is 2.34. The van der Waals surface area contributed by atoms with Crippen LogP contribution in [0.2, 0.25) is 5.02 Å². The van der Waals surface area contributed by atoms with Gasteiger partial charge in [-0.15, -0.1) is 0 Å². The lowest BCUT2D eigenvalue weighted by molar-refractivity contribution is 0.104. The Labute approximate surface area is 163 Å². The number of methoxy groups -OCH3 is 1. The molecule has 5 nitrogen and oxygen atoms in total. The summed E-state index contributed by atoms with van der Waals surface area (Å²) in [5.74, 6) is 1.58. The Bertz CT molecular complexity index is 921. The maximum absolute atomic E-state index is 13.1. The summed E-state index contributed by atoms with van der Waals surface area (Å²) in [7, 11) is 3.67. The van der Waals surface area contributed by atoms with Gasteiger partial charge in [-0.25, -0.2) is 0 Å². The maximum atomic E-state index is 13.1. The van der Waals surface area contributed by atoms with Crippen molar-refractivity contribution in [1.82, 2.24) is 4.90 Å². The number of benzene rings is 2. The molecular weight excluding hydrogens is 366 g/mol. The van der Waals surface area contributed by atoms with Gasteiger partial charge in [-0.1, -0.05) is 29.8 Å². The molecule has 2 aliphatic heterocycles. The van der Waals surface area contributed by atoms with Crippen molar-refractivity contribution >= 4 is 23.5 Å². The molecule has 27 heavy (non-hydrogen) atoms. The number of likely N-dealkylation sites (N-methyl/N-ethyl adjacent to an activating group) is 1. The molecule has 0 aromatic heterocycles. The highest BCUT2D eigenvalue weighted by molar-refractivity contribution is 6.30. The fourth-order valence-electron chi connectivity index (χ4n) is 3.60. The normalized spacial score (nSPS) is 15.8. The van der Waals surface area contributed by atoms with Gasteiger partial charge in [0.25, 0.3) is 0 Å². The van der Waals surface area contributed by atoms with Crippen molar-refractivity contribution in [3.05, 3.63) is 57.6 Å². The lowest BCUT2D eigenvalue weighted by atomic mass is 9.90. The molecule has 4 rings (SSSR count). The van der Waals surface area contributed by atoms with Crippen molar-refractivity contribution in [2.75, 3.05) is 27.5 Å². The third-order valence-corrected chi connectivity index (χ3v) is 5.16. The summed E-state index contributed by atoms with van der Waals surface area (Å²) < 4.78 is 16.9. The van der Waals surface area contributed by atoms with E-state index < -0.39 is 0 Å². The van der Waals surface area contributed by atoms with Gasteiger partial charge in [-0.05, 0) is 42.8 Å². The number of fused-ring (bicyclic) bond motifs is 2. The van der Waals surface area contributed by atoms with E-state index in [1.54, 1.807) is 31.4 Å². The molecule has 0 radical (unpaired) electrons. The molecule has 0 atom stereocenters. The number of ketones is 1. The van der Waals surface area contributed by atoms with E-state index in [1.165, 1.54) is 0 Å². The lowest BCUT2D eigenvalue weighted by Gasteiger charge is -2.28. The molecule has 2 aromatic rings. The molecular formula is C21H20ClNO4. The predicted octanol–water partition coefficient (Wildman–Crippen LogP) is 3.96. The molecule has 2 heterocycles. The van der Waals surface area contributed by atoms with Crippen LogP contribution in [0, 0.1) is 0 Å².